The number of hydrogen-bond donors (Lipinski definition) is 0. The van der Waals surface area contributed by atoms with E-state index in [1.165, 1.54) is 18.2 Å². The van der Waals surface area contributed by atoms with Crippen molar-refractivity contribution in [3.8, 4) is 0 Å². The van der Waals surface area contributed by atoms with E-state index in [0.717, 1.165) is 51.9 Å². The first kappa shape index (κ1) is 24.3. The summed E-state index contributed by atoms with van der Waals surface area (Å²) in [6.45, 7) is 7.45. The van der Waals surface area contributed by atoms with Gasteiger partial charge in [-0.2, -0.15) is 0 Å². The summed E-state index contributed by atoms with van der Waals surface area (Å²) in [4.78, 5) is 47.1. The zero-order valence-corrected chi connectivity index (χ0v) is 20.0. The first-order valence-corrected chi connectivity index (χ1v) is 12.7. The van der Waals surface area contributed by atoms with Crippen molar-refractivity contribution in [2.75, 3.05) is 31.9 Å². The minimum absolute atomic E-state index is 0.0528. The maximum absolute atomic E-state index is 13.2. The molecule has 3 rings (SSSR count). The Morgan fingerprint density at radius 2 is 1.75 bits per heavy atom. The molecule has 32 heavy (non-hydrogen) atoms. The van der Waals surface area contributed by atoms with Crippen LogP contribution in [0.3, 0.4) is 0 Å². The highest BCUT2D eigenvalue weighted by atomic mass is 32.2. The molecule has 0 aliphatic carbocycles. The van der Waals surface area contributed by atoms with Crippen LogP contribution >= 0.6 is 11.8 Å². The molecule has 0 radical (unpaired) electrons. The summed E-state index contributed by atoms with van der Waals surface area (Å²) < 4.78 is 1.58. The Morgan fingerprint density at radius 3 is 2.44 bits per heavy atom. The van der Waals surface area contributed by atoms with Crippen molar-refractivity contribution >= 4 is 34.5 Å². The maximum Gasteiger partial charge on any atom is 0.262 e. The first-order valence-electron chi connectivity index (χ1n) is 11.7. The van der Waals surface area contributed by atoms with E-state index < -0.39 is 0 Å². The summed E-state index contributed by atoms with van der Waals surface area (Å²) in [5.74, 6) is 0.358. The molecule has 1 aromatic carbocycles. The van der Waals surface area contributed by atoms with Gasteiger partial charge in [0.25, 0.3) is 5.56 Å². The topological polar surface area (TPSA) is 75.5 Å². The SMILES string of the molecule is CCCN(CCC)C(=O)CSc1nc2ccccc2c(=O)n1CCC(=O)N1CCCCC1. The lowest BCUT2D eigenvalue weighted by Gasteiger charge is -2.27. The molecule has 1 aromatic heterocycles. The molecular formula is C24H34N4O3S. The minimum atomic E-state index is -0.157. The number of carbonyl (C=O) groups excluding carboxylic acids is 2. The van der Waals surface area contributed by atoms with E-state index in [1.807, 2.05) is 28.0 Å². The summed E-state index contributed by atoms with van der Waals surface area (Å²) in [5, 5.41) is 1.04. The number of thioether (sulfide) groups is 1. The van der Waals surface area contributed by atoms with Gasteiger partial charge in [-0.25, -0.2) is 4.98 Å². The van der Waals surface area contributed by atoms with Gasteiger partial charge in [0.2, 0.25) is 11.8 Å². The van der Waals surface area contributed by atoms with E-state index in [2.05, 4.69) is 18.8 Å². The molecule has 1 aliphatic heterocycles. The average molecular weight is 459 g/mol. The van der Waals surface area contributed by atoms with E-state index in [9.17, 15) is 14.4 Å². The van der Waals surface area contributed by atoms with Gasteiger partial charge in [0, 0.05) is 39.1 Å². The molecule has 0 saturated carbocycles. The normalized spacial score (nSPS) is 14.0. The highest BCUT2D eigenvalue weighted by molar-refractivity contribution is 7.99. The van der Waals surface area contributed by atoms with Gasteiger partial charge in [-0.05, 0) is 44.2 Å². The van der Waals surface area contributed by atoms with Gasteiger partial charge in [-0.15, -0.1) is 0 Å². The highest BCUT2D eigenvalue weighted by Gasteiger charge is 2.19. The van der Waals surface area contributed by atoms with Gasteiger partial charge >= 0.3 is 0 Å². The molecule has 0 atom stereocenters. The van der Waals surface area contributed by atoms with Gasteiger partial charge in [-0.3, -0.25) is 19.0 Å². The van der Waals surface area contributed by atoms with Crippen molar-refractivity contribution in [1.29, 1.82) is 0 Å². The molecule has 0 unspecified atom stereocenters. The average Bonchev–Trinajstić information content (AvgIpc) is 2.82. The van der Waals surface area contributed by atoms with E-state index >= 15 is 0 Å². The van der Waals surface area contributed by atoms with Crippen molar-refractivity contribution < 1.29 is 9.59 Å². The van der Waals surface area contributed by atoms with Crippen LogP contribution in [0.15, 0.2) is 34.2 Å². The Morgan fingerprint density at radius 1 is 1.06 bits per heavy atom. The van der Waals surface area contributed by atoms with Gasteiger partial charge in [0.1, 0.15) is 0 Å². The summed E-state index contributed by atoms with van der Waals surface area (Å²) in [5.41, 5.74) is 0.459. The second-order valence-corrected chi connectivity index (χ2v) is 9.17. The number of amides is 2. The Bertz CT molecular complexity index is 979. The number of rotatable bonds is 10. The number of benzene rings is 1. The molecule has 0 bridgehead atoms. The fourth-order valence-electron chi connectivity index (χ4n) is 4.08. The Balaban J connectivity index is 1.79. The lowest BCUT2D eigenvalue weighted by molar-refractivity contribution is -0.132. The molecule has 2 aromatic rings. The second-order valence-electron chi connectivity index (χ2n) is 8.23. The van der Waals surface area contributed by atoms with Gasteiger partial charge in [-0.1, -0.05) is 37.7 Å². The number of piperidine rings is 1. The van der Waals surface area contributed by atoms with Crippen LogP contribution < -0.4 is 5.56 Å². The Labute approximate surface area is 194 Å². The molecule has 0 N–H and O–H groups in total. The molecule has 1 aliphatic rings. The molecule has 174 valence electrons. The number of hydrogen-bond acceptors (Lipinski definition) is 5. The lowest BCUT2D eigenvalue weighted by atomic mass is 10.1. The number of para-hydroxylation sites is 1. The van der Waals surface area contributed by atoms with Crippen LogP contribution in [0.1, 0.15) is 52.4 Å². The number of likely N-dealkylation sites (tertiary alicyclic amines) is 1. The van der Waals surface area contributed by atoms with Crippen molar-refractivity contribution in [2.24, 2.45) is 0 Å². The minimum Gasteiger partial charge on any atom is -0.343 e. The Hall–Kier alpha value is -2.35. The quantitative estimate of drug-likeness (QED) is 0.402. The molecule has 1 saturated heterocycles. The van der Waals surface area contributed by atoms with E-state index in [-0.39, 0.29) is 36.1 Å². The monoisotopic (exact) mass is 458 g/mol. The lowest BCUT2D eigenvalue weighted by Crippen LogP contribution is -2.37. The molecule has 7 nitrogen and oxygen atoms in total. The standard InChI is InChI=1S/C24H34N4O3S/c1-3-13-26(14-4-2)22(30)18-32-24-25-20-11-7-6-10-19(20)23(31)28(24)17-12-21(29)27-15-8-5-9-16-27/h6-7,10-11H,3-5,8-9,12-18H2,1-2H3. The van der Waals surface area contributed by atoms with E-state index in [0.29, 0.717) is 16.1 Å². The smallest absolute Gasteiger partial charge is 0.262 e. The molecule has 8 heteroatoms. The predicted molar refractivity (Wildman–Crippen MR) is 129 cm³/mol. The number of nitrogens with zero attached hydrogens (tertiary/aromatic N) is 4. The first-order chi connectivity index (χ1) is 15.5. The fraction of sp³-hybridized carbons (Fsp3) is 0.583. The van der Waals surface area contributed by atoms with E-state index in [1.54, 1.807) is 10.6 Å². The summed E-state index contributed by atoms with van der Waals surface area (Å²) in [7, 11) is 0. The van der Waals surface area contributed by atoms with Crippen LogP contribution in [0.5, 0.6) is 0 Å². The summed E-state index contributed by atoms with van der Waals surface area (Å²) >= 11 is 1.29. The summed E-state index contributed by atoms with van der Waals surface area (Å²) in [6, 6.07) is 7.24. The fourth-order valence-corrected chi connectivity index (χ4v) is 5.01. The number of aromatic nitrogens is 2. The highest BCUT2D eigenvalue weighted by Crippen LogP contribution is 2.19. The molecule has 2 heterocycles. The molecule has 0 spiro atoms. The van der Waals surface area contributed by atoms with Gasteiger partial charge in [0.05, 0.1) is 16.7 Å². The van der Waals surface area contributed by atoms with Gasteiger partial charge in [0.15, 0.2) is 5.16 Å². The van der Waals surface area contributed by atoms with Crippen molar-refractivity contribution in [1.82, 2.24) is 19.4 Å². The third-order valence-electron chi connectivity index (χ3n) is 5.75. The van der Waals surface area contributed by atoms with Crippen LogP contribution in [0, 0.1) is 0 Å². The Kier molecular flexibility index (Phi) is 9.14. The number of carbonyl (C=O) groups is 2. The molecule has 1 fully saturated rings. The van der Waals surface area contributed by atoms with Crippen LogP contribution in [-0.4, -0.2) is 63.1 Å². The summed E-state index contributed by atoms with van der Waals surface area (Å²) in [6.07, 6.45) is 5.33. The molecular weight excluding hydrogens is 424 g/mol. The van der Waals surface area contributed by atoms with Crippen molar-refractivity contribution in [2.45, 2.75) is 64.1 Å². The maximum atomic E-state index is 13.2. The van der Waals surface area contributed by atoms with Crippen LogP contribution in [0.25, 0.3) is 10.9 Å². The zero-order valence-electron chi connectivity index (χ0n) is 19.2. The zero-order chi connectivity index (χ0) is 22.9. The van der Waals surface area contributed by atoms with Crippen molar-refractivity contribution in [3.05, 3.63) is 34.6 Å². The predicted octanol–water partition coefficient (Wildman–Crippen LogP) is 3.54. The van der Waals surface area contributed by atoms with Gasteiger partial charge < -0.3 is 9.80 Å². The number of fused-ring (bicyclic) bond motifs is 1. The van der Waals surface area contributed by atoms with Crippen molar-refractivity contribution in [3.63, 3.8) is 0 Å². The van der Waals surface area contributed by atoms with Crippen LogP contribution in [0.2, 0.25) is 0 Å². The third kappa shape index (κ3) is 6.12. The largest absolute Gasteiger partial charge is 0.343 e. The molecule has 2 amide bonds. The van der Waals surface area contributed by atoms with Crippen LogP contribution in [0.4, 0.5) is 0 Å². The van der Waals surface area contributed by atoms with E-state index in [4.69, 9.17) is 0 Å². The third-order valence-corrected chi connectivity index (χ3v) is 6.71. The second kappa shape index (κ2) is 12.0. The van der Waals surface area contributed by atoms with Crippen LogP contribution in [-0.2, 0) is 16.1 Å².